The lowest BCUT2D eigenvalue weighted by Gasteiger charge is -2.09. The van der Waals surface area contributed by atoms with Crippen LogP contribution in [0, 0.1) is 6.92 Å². The Hall–Kier alpha value is -2.83. The van der Waals surface area contributed by atoms with Crippen LogP contribution in [0.15, 0.2) is 57.0 Å². The highest BCUT2D eigenvalue weighted by molar-refractivity contribution is 6.31. The van der Waals surface area contributed by atoms with Gasteiger partial charge in [0.1, 0.15) is 5.56 Å². The number of rotatable bonds is 3. The molecule has 0 bridgehead atoms. The molecule has 0 aliphatic rings. The standard InChI is InChI=1S/C18H13Cl2N3O3/c1-10-5-6-12(8-15(10)20)21-9-14-16(24)22-18(26)23(17(14)25)13-4-2-3-11(19)7-13/h2-9,25H,1H3,(H,22,24,26). The van der Waals surface area contributed by atoms with Crippen molar-refractivity contribution >= 4 is 35.1 Å². The number of aromatic nitrogens is 2. The lowest BCUT2D eigenvalue weighted by molar-refractivity contribution is 0.430. The first-order valence-electron chi connectivity index (χ1n) is 7.51. The molecule has 0 fully saturated rings. The van der Waals surface area contributed by atoms with Gasteiger partial charge in [-0.2, -0.15) is 0 Å². The van der Waals surface area contributed by atoms with Gasteiger partial charge in [-0.05, 0) is 42.8 Å². The number of hydrogen-bond acceptors (Lipinski definition) is 4. The molecule has 132 valence electrons. The maximum Gasteiger partial charge on any atom is 0.335 e. The van der Waals surface area contributed by atoms with E-state index in [-0.39, 0.29) is 5.56 Å². The van der Waals surface area contributed by atoms with Crippen molar-refractivity contribution in [1.82, 2.24) is 9.55 Å². The minimum atomic E-state index is -0.787. The zero-order chi connectivity index (χ0) is 18.8. The van der Waals surface area contributed by atoms with E-state index in [0.29, 0.717) is 21.4 Å². The van der Waals surface area contributed by atoms with Crippen LogP contribution in [0.25, 0.3) is 5.69 Å². The molecule has 0 saturated carbocycles. The quantitative estimate of drug-likeness (QED) is 0.670. The summed E-state index contributed by atoms with van der Waals surface area (Å²) in [5.41, 5.74) is -0.00990. The van der Waals surface area contributed by atoms with Crippen LogP contribution >= 0.6 is 23.2 Å². The van der Waals surface area contributed by atoms with Crippen LogP contribution in [0.2, 0.25) is 10.0 Å². The minimum Gasteiger partial charge on any atom is -0.493 e. The Kier molecular flexibility index (Phi) is 4.97. The first-order valence-corrected chi connectivity index (χ1v) is 8.27. The molecule has 3 aromatic rings. The van der Waals surface area contributed by atoms with Gasteiger partial charge < -0.3 is 5.11 Å². The third-order valence-corrected chi connectivity index (χ3v) is 4.33. The molecule has 2 N–H and O–H groups in total. The number of nitrogens with one attached hydrogen (secondary N) is 1. The van der Waals surface area contributed by atoms with Crippen LogP contribution in [0.4, 0.5) is 5.69 Å². The number of aliphatic imine (C=N–C) groups is 1. The summed E-state index contributed by atoms with van der Waals surface area (Å²) < 4.78 is 0.941. The van der Waals surface area contributed by atoms with Crippen molar-refractivity contribution in [3.05, 3.63) is 84.5 Å². The van der Waals surface area contributed by atoms with E-state index in [2.05, 4.69) is 9.98 Å². The number of nitrogens with zero attached hydrogens (tertiary/aromatic N) is 2. The van der Waals surface area contributed by atoms with Crippen LogP contribution in [0.1, 0.15) is 11.1 Å². The summed E-state index contributed by atoms with van der Waals surface area (Å²) in [5, 5.41) is 11.4. The Balaban J connectivity index is 2.12. The fraction of sp³-hybridized carbons (Fsp3) is 0.0556. The van der Waals surface area contributed by atoms with Gasteiger partial charge in [-0.15, -0.1) is 0 Å². The summed E-state index contributed by atoms with van der Waals surface area (Å²) in [4.78, 5) is 30.5. The molecule has 0 spiro atoms. The predicted molar refractivity (Wildman–Crippen MR) is 103 cm³/mol. The van der Waals surface area contributed by atoms with Crippen LogP contribution < -0.4 is 11.2 Å². The largest absolute Gasteiger partial charge is 0.493 e. The molecule has 2 aromatic carbocycles. The SMILES string of the molecule is Cc1ccc(N=Cc2c(O)n(-c3cccc(Cl)c3)c(=O)[nH]c2=O)cc1Cl. The van der Waals surface area contributed by atoms with E-state index in [1.165, 1.54) is 12.3 Å². The highest BCUT2D eigenvalue weighted by Gasteiger charge is 2.14. The van der Waals surface area contributed by atoms with Crippen molar-refractivity contribution in [3.63, 3.8) is 0 Å². The molecule has 0 aliphatic carbocycles. The average Bonchev–Trinajstić information content (AvgIpc) is 2.57. The molecule has 26 heavy (non-hydrogen) atoms. The highest BCUT2D eigenvalue weighted by atomic mass is 35.5. The fourth-order valence-corrected chi connectivity index (χ4v) is 2.67. The molecule has 0 amide bonds. The molecule has 1 aromatic heterocycles. The number of halogens is 2. The average molecular weight is 390 g/mol. The predicted octanol–water partition coefficient (Wildman–Crippen LogP) is 3.60. The first-order chi connectivity index (χ1) is 12.4. The van der Waals surface area contributed by atoms with E-state index >= 15 is 0 Å². The van der Waals surface area contributed by atoms with E-state index in [1.54, 1.807) is 36.4 Å². The van der Waals surface area contributed by atoms with Gasteiger partial charge in [0.25, 0.3) is 5.56 Å². The highest BCUT2D eigenvalue weighted by Crippen LogP contribution is 2.23. The van der Waals surface area contributed by atoms with Crippen LogP contribution in [-0.2, 0) is 0 Å². The van der Waals surface area contributed by atoms with E-state index < -0.39 is 17.1 Å². The van der Waals surface area contributed by atoms with Gasteiger partial charge in [0, 0.05) is 16.3 Å². The van der Waals surface area contributed by atoms with Crippen molar-refractivity contribution in [1.29, 1.82) is 0 Å². The van der Waals surface area contributed by atoms with Gasteiger partial charge in [0.05, 0.1) is 11.4 Å². The fourth-order valence-electron chi connectivity index (χ4n) is 2.31. The Morgan fingerprint density at radius 3 is 2.62 bits per heavy atom. The van der Waals surface area contributed by atoms with Crippen LogP contribution in [0.5, 0.6) is 5.88 Å². The molecular weight excluding hydrogens is 377 g/mol. The van der Waals surface area contributed by atoms with Crippen molar-refractivity contribution in [2.24, 2.45) is 4.99 Å². The van der Waals surface area contributed by atoms with Gasteiger partial charge in [0.15, 0.2) is 0 Å². The molecule has 0 aliphatic heterocycles. The van der Waals surface area contributed by atoms with Gasteiger partial charge in [0.2, 0.25) is 5.88 Å². The summed E-state index contributed by atoms with van der Waals surface area (Å²) in [6.45, 7) is 1.85. The number of aromatic amines is 1. The summed E-state index contributed by atoms with van der Waals surface area (Å²) in [5.74, 6) is -0.539. The summed E-state index contributed by atoms with van der Waals surface area (Å²) in [7, 11) is 0. The second-order valence-corrected chi connectivity index (χ2v) is 6.35. The molecule has 0 unspecified atom stereocenters. The molecule has 8 heteroatoms. The molecule has 0 atom stereocenters. The first kappa shape index (κ1) is 18.0. The molecule has 1 heterocycles. The van der Waals surface area contributed by atoms with Gasteiger partial charge in [-0.25, -0.2) is 9.36 Å². The lowest BCUT2D eigenvalue weighted by Crippen LogP contribution is -2.31. The smallest absolute Gasteiger partial charge is 0.335 e. The normalized spacial score (nSPS) is 11.2. The number of hydrogen-bond donors (Lipinski definition) is 2. The van der Waals surface area contributed by atoms with Crippen molar-refractivity contribution in [2.75, 3.05) is 0 Å². The number of benzene rings is 2. The summed E-state index contributed by atoms with van der Waals surface area (Å²) >= 11 is 12.0. The number of aryl methyl sites for hydroxylation is 1. The summed E-state index contributed by atoms with van der Waals surface area (Å²) in [6, 6.07) is 11.4. The van der Waals surface area contributed by atoms with E-state index in [9.17, 15) is 14.7 Å². The Morgan fingerprint density at radius 1 is 1.15 bits per heavy atom. The van der Waals surface area contributed by atoms with Gasteiger partial charge >= 0.3 is 5.69 Å². The molecule has 3 rings (SSSR count). The van der Waals surface area contributed by atoms with E-state index in [4.69, 9.17) is 23.2 Å². The van der Waals surface area contributed by atoms with Crippen molar-refractivity contribution in [3.8, 4) is 11.6 Å². The maximum absolute atomic E-state index is 12.1. The third kappa shape index (κ3) is 3.56. The van der Waals surface area contributed by atoms with Crippen LogP contribution in [-0.4, -0.2) is 20.9 Å². The second kappa shape index (κ2) is 7.19. The molecule has 0 saturated heterocycles. The van der Waals surface area contributed by atoms with E-state index in [0.717, 1.165) is 10.1 Å². The van der Waals surface area contributed by atoms with Crippen molar-refractivity contribution < 1.29 is 5.11 Å². The maximum atomic E-state index is 12.1. The Bertz CT molecular complexity index is 1130. The van der Waals surface area contributed by atoms with Crippen molar-refractivity contribution in [2.45, 2.75) is 6.92 Å². The Morgan fingerprint density at radius 2 is 1.92 bits per heavy atom. The van der Waals surface area contributed by atoms with Crippen LogP contribution in [0.3, 0.4) is 0 Å². The third-order valence-electron chi connectivity index (χ3n) is 3.69. The van der Waals surface area contributed by atoms with E-state index in [1.807, 2.05) is 6.92 Å². The number of H-pyrrole nitrogens is 1. The Labute approximate surface area is 158 Å². The molecular formula is C18H13Cl2N3O3. The second-order valence-electron chi connectivity index (χ2n) is 5.50. The zero-order valence-corrected chi connectivity index (χ0v) is 15.0. The lowest BCUT2D eigenvalue weighted by atomic mass is 10.2. The van der Waals surface area contributed by atoms with Gasteiger partial charge in [-0.3, -0.25) is 14.8 Å². The topological polar surface area (TPSA) is 87.4 Å². The monoisotopic (exact) mass is 389 g/mol. The summed E-state index contributed by atoms with van der Waals surface area (Å²) in [6.07, 6.45) is 1.18. The molecule has 0 radical (unpaired) electrons. The minimum absolute atomic E-state index is 0.165. The number of aromatic hydroxyl groups is 1. The molecule has 6 nitrogen and oxygen atoms in total. The zero-order valence-electron chi connectivity index (χ0n) is 13.5. The van der Waals surface area contributed by atoms with Gasteiger partial charge in [-0.1, -0.05) is 35.3 Å².